The molecule has 0 bridgehead atoms. The summed E-state index contributed by atoms with van der Waals surface area (Å²) in [6, 6.07) is 15.3. The largest absolute Gasteiger partial charge is 0.497 e. The first-order valence-corrected chi connectivity index (χ1v) is 7.69. The summed E-state index contributed by atoms with van der Waals surface area (Å²) in [5.41, 5.74) is 1.75. The molecule has 0 aliphatic rings. The second-order valence-electron chi connectivity index (χ2n) is 5.11. The van der Waals surface area contributed by atoms with Crippen LogP contribution < -0.4 is 10.1 Å². The number of ether oxygens (including phenoxy) is 1. The molecule has 0 aliphatic carbocycles. The number of aromatic nitrogens is 2. The van der Waals surface area contributed by atoms with Crippen molar-refractivity contribution in [3.8, 4) is 17.1 Å². The Morgan fingerprint density at radius 3 is 2.62 bits per heavy atom. The third-order valence-corrected chi connectivity index (χ3v) is 3.60. The first kappa shape index (κ1) is 16.2. The van der Waals surface area contributed by atoms with E-state index < -0.39 is 0 Å². The van der Waals surface area contributed by atoms with Crippen molar-refractivity contribution in [1.82, 2.24) is 9.97 Å². The molecule has 0 unspecified atom stereocenters. The Kier molecular flexibility index (Phi) is 4.91. The Hall–Kier alpha value is -2.66. The number of nitrogens with zero attached hydrogens (tertiary/aromatic N) is 2. The average molecular weight is 344 g/mol. The van der Waals surface area contributed by atoms with Gasteiger partial charge in [-0.15, -0.1) is 0 Å². The lowest BCUT2D eigenvalue weighted by Crippen LogP contribution is -2.03. The normalized spacial score (nSPS) is 10.5. The van der Waals surface area contributed by atoms with Crippen LogP contribution in [0, 0.1) is 5.82 Å². The van der Waals surface area contributed by atoms with Crippen molar-refractivity contribution >= 4 is 17.4 Å². The van der Waals surface area contributed by atoms with Crippen LogP contribution in [0.5, 0.6) is 5.75 Å². The van der Waals surface area contributed by atoms with Crippen molar-refractivity contribution in [3.63, 3.8) is 0 Å². The number of hydrogen-bond acceptors (Lipinski definition) is 4. The first-order valence-electron chi connectivity index (χ1n) is 7.31. The van der Waals surface area contributed by atoms with Gasteiger partial charge in [0, 0.05) is 18.2 Å². The number of methoxy groups -OCH3 is 1. The predicted molar refractivity (Wildman–Crippen MR) is 92.8 cm³/mol. The summed E-state index contributed by atoms with van der Waals surface area (Å²) in [4.78, 5) is 8.62. The molecule has 0 radical (unpaired) electrons. The Labute approximate surface area is 144 Å². The fourth-order valence-corrected chi connectivity index (χ4v) is 2.39. The predicted octanol–water partition coefficient (Wildman–Crippen LogP) is 4.56. The van der Waals surface area contributed by atoms with Crippen molar-refractivity contribution < 1.29 is 9.13 Å². The molecule has 0 amide bonds. The minimum absolute atomic E-state index is 0.308. The SMILES string of the molecule is COc1cccc(CNc2cc(Cl)nc(-c3ccc(F)cc3)n2)c1. The van der Waals surface area contributed by atoms with Crippen LogP contribution in [-0.2, 0) is 6.54 Å². The second kappa shape index (κ2) is 7.27. The van der Waals surface area contributed by atoms with Gasteiger partial charge < -0.3 is 10.1 Å². The standard InChI is InChI=1S/C18H15ClFN3O/c1-24-15-4-2-3-12(9-15)11-21-17-10-16(19)22-18(23-17)13-5-7-14(20)8-6-13/h2-10H,11H2,1H3,(H,21,22,23). The molecule has 24 heavy (non-hydrogen) atoms. The number of rotatable bonds is 5. The third kappa shape index (κ3) is 4.00. The minimum atomic E-state index is -0.308. The molecule has 3 rings (SSSR count). The lowest BCUT2D eigenvalue weighted by atomic mass is 10.2. The van der Waals surface area contributed by atoms with Crippen LogP contribution in [-0.4, -0.2) is 17.1 Å². The molecule has 2 aromatic carbocycles. The maximum absolute atomic E-state index is 13.0. The molecule has 4 nitrogen and oxygen atoms in total. The van der Waals surface area contributed by atoms with Gasteiger partial charge in [-0.25, -0.2) is 14.4 Å². The lowest BCUT2D eigenvalue weighted by Gasteiger charge is -2.09. The van der Waals surface area contributed by atoms with E-state index >= 15 is 0 Å². The molecule has 0 fully saturated rings. The van der Waals surface area contributed by atoms with Gasteiger partial charge in [0.15, 0.2) is 5.82 Å². The van der Waals surface area contributed by atoms with E-state index in [1.165, 1.54) is 12.1 Å². The number of anilines is 1. The molecular formula is C18H15ClFN3O. The Morgan fingerprint density at radius 1 is 1.08 bits per heavy atom. The van der Waals surface area contributed by atoms with Gasteiger partial charge in [-0.05, 0) is 42.0 Å². The molecule has 0 saturated carbocycles. The smallest absolute Gasteiger partial charge is 0.163 e. The van der Waals surface area contributed by atoms with E-state index in [4.69, 9.17) is 16.3 Å². The van der Waals surface area contributed by atoms with Crippen LogP contribution in [0.1, 0.15) is 5.56 Å². The Morgan fingerprint density at radius 2 is 1.88 bits per heavy atom. The van der Waals surface area contributed by atoms with Crippen molar-refractivity contribution in [3.05, 3.63) is 71.1 Å². The average Bonchev–Trinajstić information content (AvgIpc) is 2.60. The highest BCUT2D eigenvalue weighted by molar-refractivity contribution is 6.29. The van der Waals surface area contributed by atoms with E-state index in [0.29, 0.717) is 28.9 Å². The number of nitrogens with one attached hydrogen (secondary N) is 1. The van der Waals surface area contributed by atoms with Gasteiger partial charge in [-0.3, -0.25) is 0 Å². The Balaban J connectivity index is 1.79. The van der Waals surface area contributed by atoms with Crippen LogP contribution in [0.3, 0.4) is 0 Å². The van der Waals surface area contributed by atoms with E-state index in [1.54, 1.807) is 25.3 Å². The fraction of sp³-hybridized carbons (Fsp3) is 0.111. The van der Waals surface area contributed by atoms with Gasteiger partial charge in [-0.2, -0.15) is 0 Å². The van der Waals surface area contributed by atoms with Gasteiger partial charge in [0.2, 0.25) is 0 Å². The van der Waals surface area contributed by atoms with E-state index in [-0.39, 0.29) is 5.82 Å². The molecule has 0 saturated heterocycles. The van der Waals surface area contributed by atoms with Crippen LogP contribution in [0.2, 0.25) is 5.15 Å². The molecule has 0 aliphatic heterocycles. The van der Waals surface area contributed by atoms with Gasteiger partial charge >= 0.3 is 0 Å². The zero-order chi connectivity index (χ0) is 16.9. The van der Waals surface area contributed by atoms with Crippen molar-refractivity contribution in [2.75, 3.05) is 12.4 Å². The minimum Gasteiger partial charge on any atom is -0.497 e. The van der Waals surface area contributed by atoms with Gasteiger partial charge in [0.25, 0.3) is 0 Å². The monoisotopic (exact) mass is 343 g/mol. The summed E-state index contributed by atoms with van der Waals surface area (Å²) < 4.78 is 18.2. The summed E-state index contributed by atoms with van der Waals surface area (Å²) in [7, 11) is 1.63. The molecule has 3 aromatic rings. The van der Waals surface area contributed by atoms with Crippen molar-refractivity contribution in [2.45, 2.75) is 6.54 Å². The highest BCUT2D eigenvalue weighted by Crippen LogP contribution is 2.21. The molecule has 1 heterocycles. The highest BCUT2D eigenvalue weighted by atomic mass is 35.5. The third-order valence-electron chi connectivity index (χ3n) is 3.41. The second-order valence-corrected chi connectivity index (χ2v) is 5.50. The molecule has 0 atom stereocenters. The van der Waals surface area contributed by atoms with Gasteiger partial charge in [0.1, 0.15) is 22.5 Å². The molecule has 122 valence electrons. The first-order chi connectivity index (χ1) is 11.6. The van der Waals surface area contributed by atoms with E-state index in [2.05, 4.69) is 15.3 Å². The van der Waals surface area contributed by atoms with E-state index in [9.17, 15) is 4.39 Å². The summed E-state index contributed by atoms with van der Waals surface area (Å²) in [6.07, 6.45) is 0. The Bertz CT molecular complexity index is 840. The zero-order valence-corrected chi connectivity index (χ0v) is 13.7. The van der Waals surface area contributed by atoms with Gasteiger partial charge in [-0.1, -0.05) is 23.7 Å². The van der Waals surface area contributed by atoms with Crippen LogP contribution in [0.25, 0.3) is 11.4 Å². The lowest BCUT2D eigenvalue weighted by molar-refractivity contribution is 0.414. The summed E-state index contributed by atoms with van der Waals surface area (Å²) in [5, 5.41) is 3.53. The topological polar surface area (TPSA) is 47.0 Å². The number of halogens is 2. The maximum atomic E-state index is 13.0. The molecule has 0 spiro atoms. The van der Waals surface area contributed by atoms with Crippen molar-refractivity contribution in [2.24, 2.45) is 0 Å². The fourth-order valence-electron chi connectivity index (χ4n) is 2.21. The number of hydrogen-bond donors (Lipinski definition) is 1. The molecular weight excluding hydrogens is 329 g/mol. The summed E-state index contributed by atoms with van der Waals surface area (Å²) in [5.74, 6) is 1.52. The van der Waals surface area contributed by atoms with Crippen LogP contribution in [0.15, 0.2) is 54.6 Å². The highest BCUT2D eigenvalue weighted by Gasteiger charge is 2.06. The summed E-state index contributed by atoms with van der Waals surface area (Å²) in [6.45, 7) is 0.563. The quantitative estimate of drug-likeness (QED) is 0.690. The molecule has 1 aromatic heterocycles. The van der Waals surface area contributed by atoms with Gasteiger partial charge in [0.05, 0.1) is 7.11 Å². The van der Waals surface area contributed by atoms with E-state index in [1.807, 2.05) is 24.3 Å². The summed E-state index contributed by atoms with van der Waals surface area (Å²) >= 11 is 6.08. The van der Waals surface area contributed by atoms with Crippen molar-refractivity contribution in [1.29, 1.82) is 0 Å². The van der Waals surface area contributed by atoms with Crippen LogP contribution in [0.4, 0.5) is 10.2 Å². The molecule has 6 heteroatoms. The number of benzene rings is 2. The zero-order valence-electron chi connectivity index (χ0n) is 13.0. The van der Waals surface area contributed by atoms with E-state index in [0.717, 1.165) is 11.3 Å². The van der Waals surface area contributed by atoms with Crippen LogP contribution >= 0.6 is 11.6 Å². The maximum Gasteiger partial charge on any atom is 0.163 e. The molecule has 1 N–H and O–H groups in total.